The highest BCUT2D eigenvalue weighted by Crippen LogP contribution is 2.45. The molecule has 68 valence electrons. The van der Waals surface area contributed by atoms with E-state index in [1.165, 1.54) is 19.3 Å². The standard InChI is InChI=1S/C10H12N2O/c11-6-10(7-12)9(13-10)8-4-2-1-3-5-8/h8-9H,1-5H2. The van der Waals surface area contributed by atoms with Crippen LogP contribution in [0.2, 0.25) is 0 Å². The molecule has 2 aliphatic rings. The maximum absolute atomic E-state index is 8.76. The molecule has 1 atom stereocenters. The van der Waals surface area contributed by atoms with Crippen LogP contribution in [0.15, 0.2) is 0 Å². The highest BCUT2D eigenvalue weighted by atomic mass is 16.6. The first-order valence-electron chi connectivity index (χ1n) is 4.83. The van der Waals surface area contributed by atoms with E-state index < -0.39 is 5.60 Å². The molecular formula is C10H12N2O. The maximum Gasteiger partial charge on any atom is 0.268 e. The molecule has 0 N–H and O–H groups in total. The molecule has 0 aromatic rings. The number of hydrogen-bond acceptors (Lipinski definition) is 3. The minimum atomic E-state index is -1.08. The zero-order valence-corrected chi connectivity index (χ0v) is 7.49. The van der Waals surface area contributed by atoms with E-state index in [9.17, 15) is 0 Å². The third-order valence-electron chi connectivity index (χ3n) is 3.07. The molecule has 0 radical (unpaired) electrons. The molecule has 3 nitrogen and oxygen atoms in total. The van der Waals surface area contributed by atoms with Crippen LogP contribution in [-0.4, -0.2) is 11.7 Å². The lowest BCUT2D eigenvalue weighted by Crippen LogP contribution is -2.19. The van der Waals surface area contributed by atoms with Gasteiger partial charge >= 0.3 is 0 Å². The van der Waals surface area contributed by atoms with Crippen LogP contribution in [0.4, 0.5) is 0 Å². The quantitative estimate of drug-likeness (QED) is 0.572. The maximum atomic E-state index is 8.76. The molecule has 2 rings (SSSR count). The topological polar surface area (TPSA) is 60.1 Å². The van der Waals surface area contributed by atoms with Crippen LogP contribution in [0.25, 0.3) is 0 Å². The summed E-state index contributed by atoms with van der Waals surface area (Å²) < 4.78 is 5.22. The van der Waals surface area contributed by atoms with Crippen molar-refractivity contribution in [2.75, 3.05) is 0 Å². The van der Waals surface area contributed by atoms with Crippen LogP contribution in [0.3, 0.4) is 0 Å². The van der Waals surface area contributed by atoms with Crippen molar-refractivity contribution in [1.82, 2.24) is 0 Å². The Kier molecular flexibility index (Phi) is 1.98. The number of ether oxygens (including phenoxy) is 1. The lowest BCUT2D eigenvalue weighted by atomic mass is 9.83. The van der Waals surface area contributed by atoms with E-state index >= 15 is 0 Å². The molecule has 1 saturated heterocycles. The van der Waals surface area contributed by atoms with Gasteiger partial charge in [0.2, 0.25) is 0 Å². The summed E-state index contributed by atoms with van der Waals surface area (Å²) in [4.78, 5) is 0. The Balaban J connectivity index is 1.99. The fraction of sp³-hybridized carbons (Fsp3) is 0.800. The van der Waals surface area contributed by atoms with Gasteiger partial charge in [-0.2, -0.15) is 10.5 Å². The summed E-state index contributed by atoms with van der Waals surface area (Å²) in [5, 5.41) is 17.5. The Morgan fingerprint density at radius 2 is 1.69 bits per heavy atom. The molecule has 13 heavy (non-hydrogen) atoms. The summed E-state index contributed by atoms with van der Waals surface area (Å²) >= 11 is 0. The van der Waals surface area contributed by atoms with Gasteiger partial charge in [0.05, 0.1) is 0 Å². The van der Waals surface area contributed by atoms with Crippen molar-refractivity contribution >= 4 is 0 Å². The van der Waals surface area contributed by atoms with Crippen molar-refractivity contribution in [3.8, 4) is 12.1 Å². The Bertz CT molecular complexity index is 266. The van der Waals surface area contributed by atoms with Gasteiger partial charge in [-0.1, -0.05) is 19.3 Å². The second kappa shape index (κ2) is 3.01. The Labute approximate surface area is 77.9 Å². The van der Waals surface area contributed by atoms with Crippen LogP contribution < -0.4 is 0 Å². The second-order valence-electron chi connectivity index (χ2n) is 3.90. The van der Waals surface area contributed by atoms with Crippen LogP contribution in [0.5, 0.6) is 0 Å². The van der Waals surface area contributed by atoms with Crippen LogP contribution in [0, 0.1) is 28.6 Å². The van der Waals surface area contributed by atoms with Crippen molar-refractivity contribution in [3.05, 3.63) is 0 Å². The van der Waals surface area contributed by atoms with Crippen molar-refractivity contribution in [3.63, 3.8) is 0 Å². The van der Waals surface area contributed by atoms with E-state index in [0.717, 1.165) is 12.8 Å². The van der Waals surface area contributed by atoms with Gasteiger partial charge in [-0.05, 0) is 18.8 Å². The number of rotatable bonds is 1. The van der Waals surface area contributed by atoms with Crippen molar-refractivity contribution < 1.29 is 4.74 Å². The molecule has 0 bridgehead atoms. The second-order valence-corrected chi connectivity index (χ2v) is 3.90. The summed E-state index contributed by atoms with van der Waals surface area (Å²) in [6.07, 6.45) is 5.87. The first-order valence-corrected chi connectivity index (χ1v) is 4.83. The predicted molar refractivity (Wildman–Crippen MR) is 45.4 cm³/mol. The first-order chi connectivity index (χ1) is 6.32. The molecule has 1 unspecified atom stereocenters. The van der Waals surface area contributed by atoms with E-state index in [1.807, 2.05) is 12.1 Å². The molecule has 0 aromatic carbocycles. The van der Waals surface area contributed by atoms with Gasteiger partial charge in [0.25, 0.3) is 5.60 Å². The number of nitriles is 2. The minimum Gasteiger partial charge on any atom is -0.337 e. The summed E-state index contributed by atoms with van der Waals surface area (Å²) in [5.41, 5.74) is -1.08. The fourth-order valence-corrected chi connectivity index (χ4v) is 2.24. The normalized spacial score (nSPS) is 31.7. The molecule has 0 aromatic heterocycles. The number of hydrogen-bond donors (Lipinski definition) is 0. The fourth-order valence-electron chi connectivity index (χ4n) is 2.24. The van der Waals surface area contributed by atoms with E-state index in [1.54, 1.807) is 0 Å². The SMILES string of the molecule is N#CC1(C#N)OC1C1CCCCC1. The molecule has 2 fully saturated rings. The minimum absolute atomic E-state index is 0.0946. The van der Waals surface area contributed by atoms with Gasteiger partial charge in [-0.15, -0.1) is 0 Å². The van der Waals surface area contributed by atoms with E-state index in [2.05, 4.69) is 0 Å². The van der Waals surface area contributed by atoms with Crippen LogP contribution >= 0.6 is 0 Å². The monoisotopic (exact) mass is 176 g/mol. The van der Waals surface area contributed by atoms with Gasteiger partial charge in [-0.25, -0.2) is 0 Å². The molecular weight excluding hydrogens is 164 g/mol. The molecule has 3 heteroatoms. The average molecular weight is 176 g/mol. The lowest BCUT2D eigenvalue weighted by Gasteiger charge is -2.19. The lowest BCUT2D eigenvalue weighted by molar-refractivity contribution is 0.261. The Morgan fingerprint density at radius 3 is 2.15 bits per heavy atom. The van der Waals surface area contributed by atoms with Crippen LogP contribution in [-0.2, 0) is 4.74 Å². The molecule has 1 aliphatic carbocycles. The largest absolute Gasteiger partial charge is 0.337 e. The summed E-state index contributed by atoms with van der Waals surface area (Å²) in [6.45, 7) is 0. The number of nitrogens with zero attached hydrogens (tertiary/aromatic N) is 2. The van der Waals surface area contributed by atoms with E-state index in [0.29, 0.717) is 5.92 Å². The molecule has 1 saturated carbocycles. The summed E-state index contributed by atoms with van der Waals surface area (Å²) in [7, 11) is 0. The molecule has 0 spiro atoms. The zero-order chi connectivity index (χ0) is 9.31. The molecule has 1 heterocycles. The van der Waals surface area contributed by atoms with Gasteiger partial charge in [0, 0.05) is 0 Å². The smallest absolute Gasteiger partial charge is 0.268 e. The van der Waals surface area contributed by atoms with Gasteiger partial charge in [0.1, 0.15) is 18.2 Å². The third kappa shape index (κ3) is 1.30. The Hall–Kier alpha value is -1.06. The molecule has 1 aliphatic heterocycles. The van der Waals surface area contributed by atoms with Crippen molar-refractivity contribution in [2.45, 2.75) is 43.8 Å². The highest BCUT2D eigenvalue weighted by molar-refractivity contribution is 5.31. The Morgan fingerprint density at radius 1 is 1.08 bits per heavy atom. The van der Waals surface area contributed by atoms with E-state index in [4.69, 9.17) is 15.3 Å². The predicted octanol–water partition coefficient (Wildman–Crippen LogP) is 1.75. The highest BCUT2D eigenvalue weighted by Gasteiger charge is 2.61. The van der Waals surface area contributed by atoms with Crippen molar-refractivity contribution in [1.29, 1.82) is 10.5 Å². The van der Waals surface area contributed by atoms with Gasteiger partial charge in [-0.3, -0.25) is 0 Å². The first kappa shape index (κ1) is 8.53. The van der Waals surface area contributed by atoms with Gasteiger partial charge < -0.3 is 4.74 Å². The van der Waals surface area contributed by atoms with Crippen molar-refractivity contribution in [2.24, 2.45) is 5.92 Å². The van der Waals surface area contributed by atoms with E-state index in [-0.39, 0.29) is 6.10 Å². The molecule has 0 amide bonds. The zero-order valence-electron chi connectivity index (χ0n) is 7.49. The number of epoxide rings is 1. The van der Waals surface area contributed by atoms with Crippen LogP contribution in [0.1, 0.15) is 32.1 Å². The third-order valence-corrected chi connectivity index (χ3v) is 3.07. The van der Waals surface area contributed by atoms with Gasteiger partial charge in [0.15, 0.2) is 0 Å². The summed E-state index contributed by atoms with van der Waals surface area (Å²) in [5.74, 6) is 0.452. The average Bonchev–Trinajstić information content (AvgIpc) is 2.95. The summed E-state index contributed by atoms with van der Waals surface area (Å²) in [6, 6.07) is 3.93.